The lowest BCUT2D eigenvalue weighted by molar-refractivity contribution is 0.102. The lowest BCUT2D eigenvalue weighted by Gasteiger charge is -2.36. The molecule has 0 aromatic heterocycles. The van der Waals surface area contributed by atoms with E-state index in [1.165, 1.54) is 12.1 Å². The van der Waals surface area contributed by atoms with Crippen molar-refractivity contribution in [2.75, 3.05) is 5.32 Å². The van der Waals surface area contributed by atoms with Crippen LogP contribution in [0.5, 0.6) is 11.5 Å². The van der Waals surface area contributed by atoms with Crippen molar-refractivity contribution in [2.45, 2.75) is 38.9 Å². The molecule has 0 unspecified atom stereocenters. The van der Waals surface area contributed by atoms with Crippen LogP contribution in [-0.2, 0) is 0 Å². The summed E-state index contributed by atoms with van der Waals surface area (Å²) in [5, 5.41) is 12.2. The summed E-state index contributed by atoms with van der Waals surface area (Å²) in [6.07, 6.45) is 0. The lowest BCUT2D eigenvalue weighted by atomic mass is 10.2. The zero-order valence-corrected chi connectivity index (χ0v) is 15.9. The Morgan fingerprint density at radius 2 is 1.54 bits per heavy atom. The predicted molar refractivity (Wildman–Crippen MR) is 100 cm³/mol. The van der Waals surface area contributed by atoms with Crippen molar-refractivity contribution in [3.63, 3.8) is 0 Å². The quantitative estimate of drug-likeness (QED) is 0.766. The van der Waals surface area contributed by atoms with Gasteiger partial charge < -0.3 is 14.8 Å². The molecule has 4 nitrogen and oxygen atoms in total. The normalized spacial score (nSPS) is 11.9. The van der Waals surface area contributed by atoms with Gasteiger partial charge in [0, 0.05) is 11.3 Å². The number of carbonyl (C=O) groups is 1. The van der Waals surface area contributed by atoms with Gasteiger partial charge in [0.2, 0.25) is 8.32 Å². The number of nitrogens with one attached hydrogen (secondary N) is 1. The first-order chi connectivity index (χ1) is 11.1. The Kier molecular flexibility index (Phi) is 5.04. The summed E-state index contributed by atoms with van der Waals surface area (Å²) in [6, 6.07) is 13.6. The summed E-state index contributed by atoms with van der Waals surface area (Å²) in [5.74, 6) is 0.746. The standard InChI is InChI=1S/C19H25NO3Si/c1-19(2,3)24(4,5)23-17-12-8-15(9-13-17)20-18(22)14-6-10-16(21)11-7-14/h6-13,21H,1-5H3,(H,20,22). The van der Waals surface area contributed by atoms with Crippen LogP contribution >= 0.6 is 0 Å². The number of carbonyl (C=O) groups excluding carboxylic acids is 1. The number of amides is 1. The van der Waals surface area contributed by atoms with E-state index in [0.29, 0.717) is 11.3 Å². The monoisotopic (exact) mass is 343 g/mol. The molecule has 1 amide bonds. The SMILES string of the molecule is CC(C)(C)[Si](C)(C)Oc1ccc(NC(=O)c2ccc(O)cc2)cc1. The average molecular weight is 343 g/mol. The third-order valence-electron chi connectivity index (χ3n) is 4.42. The maximum Gasteiger partial charge on any atom is 0.255 e. The maximum absolute atomic E-state index is 12.2. The summed E-state index contributed by atoms with van der Waals surface area (Å²) in [5.41, 5.74) is 1.20. The molecule has 0 radical (unpaired) electrons. The van der Waals surface area contributed by atoms with E-state index in [9.17, 15) is 9.90 Å². The molecule has 0 bridgehead atoms. The number of benzene rings is 2. The van der Waals surface area contributed by atoms with E-state index in [1.807, 2.05) is 24.3 Å². The van der Waals surface area contributed by atoms with Gasteiger partial charge in [-0.25, -0.2) is 0 Å². The Hall–Kier alpha value is -2.27. The molecule has 2 aromatic rings. The van der Waals surface area contributed by atoms with E-state index in [4.69, 9.17) is 4.43 Å². The summed E-state index contributed by atoms with van der Waals surface area (Å²) in [4.78, 5) is 12.2. The van der Waals surface area contributed by atoms with Crippen LogP contribution in [0, 0.1) is 0 Å². The molecule has 0 atom stereocenters. The first-order valence-corrected chi connectivity index (χ1v) is 10.9. The zero-order chi connectivity index (χ0) is 18.0. The Labute approximate surface area is 144 Å². The highest BCUT2D eigenvalue weighted by atomic mass is 28.4. The Morgan fingerprint density at radius 3 is 2.04 bits per heavy atom. The fourth-order valence-electron chi connectivity index (χ4n) is 1.87. The molecule has 0 aliphatic heterocycles. The van der Waals surface area contributed by atoms with Gasteiger partial charge in [0.15, 0.2) is 0 Å². The molecule has 0 heterocycles. The van der Waals surface area contributed by atoms with Crippen LogP contribution in [0.15, 0.2) is 48.5 Å². The summed E-state index contributed by atoms with van der Waals surface area (Å²) < 4.78 is 6.22. The minimum atomic E-state index is -1.86. The topological polar surface area (TPSA) is 58.6 Å². The second-order valence-electron chi connectivity index (χ2n) is 7.39. The number of phenolic OH excluding ortho intramolecular Hbond substituents is 1. The Morgan fingerprint density at radius 1 is 1.00 bits per heavy atom. The average Bonchev–Trinajstić information content (AvgIpc) is 2.48. The van der Waals surface area contributed by atoms with Gasteiger partial charge in [-0.05, 0) is 66.7 Å². The molecule has 2 aromatic carbocycles. The van der Waals surface area contributed by atoms with E-state index in [2.05, 4.69) is 39.2 Å². The fraction of sp³-hybridized carbons (Fsp3) is 0.316. The Balaban J connectivity index is 2.04. The van der Waals surface area contributed by atoms with Crippen LogP contribution in [0.4, 0.5) is 5.69 Å². The van der Waals surface area contributed by atoms with Crippen LogP contribution in [-0.4, -0.2) is 19.3 Å². The first-order valence-electron chi connectivity index (χ1n) is 7.98. The predicted octanol–water partition coefficient (Wildman–Crippen LogP) is 5.03. The van der Waals surface area contributed by atoms with E-state index >= 15 is 0 Å². The largest absolute Gasteiger partial charge is 0.544 e. The van der Waals surface area contributed by atoms with Gasteiger partial charge in [-0.1, -0.05) is 20.8 Å². The number of anilines is 1. The number of rotatable bonds is 4. The van der Waals surface area contributed by atoms with Gasteiger partial charge in [0.25, 0.3) is 5.91 Å². The van der Waals surface area contributed by atoms with Gasteiger partial charge in [0.1, 0.15) is 11.5 Å². The summed E-state index contributed by atoms with van der Waals surface area (Å²) >= 11 is 0. The second-order valence-corrected chi connectivity index (χ2v) is 12.1. The van der Waals surface area contributed by atoms with E-state index in [-0.39, 0.29) is 16.7 Å². The zero-order valence-electron chi connectivity index (χ0n) is 14.9. The minimum Gasteiger partial charge on any atom is -0.544 e. The second kappa shape index (κ2) is 6.69. The molecule has 24 heavy (non-hydrogen) atoms. The molecule has 5 heteroatoms. The molecule has 0 saturated heterocycles. The van der Waals surface area contributed by atoms with Gasteiger partial charge in [-0.2, -0.15) is 0 Å². The van der Waals surface area contributed by atoms with Gasteiger partial charge in [0.05, 0.1) is 0 Å². The van der Waals surface area contributed by atoms with Crippen molar-refractivity contribution < 1.29 is 14.3 Å². The number of hydrogen-bond acceptors (Lipinski definition) is 3. The van der Waals surface area contributed by atoms with Crippen molar-refractivity contribution in [1.82, 2.24) is 0 Å². The highest BCUT2D eigenvalue weighted by Gasteiger charge is 2.38. The number of phenols is 1. The van der Waals surface area contributed by atoms with Crippen molar-refractivity contribution >= 4 is 19.9 Å². The molecular weight excluding hydrogens is 318 g/mol. The molecule has 0 saturated carbocycles. The Bertz CT molecular complexity index is 701. The molecule has 128 valence electrons. The highest BCUT2D eigenvalue weighted by Crippen LogP contribution is 2.37. The smallest absolute Gasteiger partial charge is 0.255 e. The van der Waals surface area contributed by atoms with Crippen LogP contribution in [0.3, 0.4) is 0 Å². The molecule has 0 fully saturated rings. The van der Waals surface area contributed by atoms with E-state index in [0.717, 1.165) is 5.75 Å². The van der Waals surface area contributed by atoms with Crippen LogP contribution in [0.1, 0.15) is 31.1 Å². The van der Waals surface area contributed by atoms with Crippen molar-refractivity contribution in [2.24, 2.45) is 0 Å². The molecule has 2 rings (SSSR count). The van der Waals surface area contributed by atoms with Crippen LogP contribution < -0.4 is 9.74 Å². The first kappa shape index (κ1) is 18.1. The van der Waals surface area contributed by atoms with Crippen LogP contribution in [0.2, 0.25) is 18.1 Å². The van der Waals surface area contributed by atoms with Gasteiger partial charge >= 0.3 is 0 Å². The summed E-state index contributed by atoms with van der Waals surface area (Å²) in [7, 11) is -1.86. The van der Waals surface area contributed by atoms with E-state index < -0.39 is 8.32 Å². The molecular formula is C19H25NO3Si. The molecule has 2 N–H and O–H groups in total. The van der Waals surface area contributed by atoms with E-state index in [1.54, 1.807) is 12.1 Å². The van der Waals surface area contributed by atoms with Crippen molar-refractivity contribution in [1.29, 1.82) is 0 Å². The van der Waals surface area contributed by atoms with Crippen molar-refractivity contribution in [3.05, 3.63) is 54.1 Å². The molecule has 0 aliphatic rings. The maximum atomic E-state index is 12.2. The number of hydrogen-bond donors (Lipinski definition) is 2. The van der Waals surface area contributed by atoms with Crippen molar-refractivity contribution in [3.8, 4) is 11.5 Å². The fourth-order valence-corrected chi connectivity index (χ4v) is 2.90. The summed E-state index contributed by atoms with van der Waals surface area (Å²) in [6.45, 7) is 11.0. The highest BCUT2D eigenvalue weighted by molar-refractivity contribution is 6.74. The lowest BCUT2D eigenvalue weighted by Crippen LogP contribution is -2.43. The third kappa shape index (κ3) is 4.38. The minimum absolute atomic E-state index is 0.138. The van der Waals surface area contributed by atoms with Crippen LogP contribution in [0.25, 0.3) is 0 Å². The molecule has 0 aliphatic carbocycles. The number of aromatic hydroxyl groups is 1. The molecule has 0 spiro atoms. The van der Waals surface area contributed by atoms with Gasteiger partial charge in [-0.15, -0.1) is 0 Å². The third-order valence-corrected chi connectivity index (χ3v) is 8.78. The van der Waals surface area contributed by atoms with Gasteiger partial charge in [-0.3, -0.25) is 4.79 Å².